The van der Waals surface area contributed by atoms with Crippen molar-refractivity contribution in [1.29, 1.82) is 0 Å². The number of phenols is 1. The van der Waals surface area contributed by atoms with Crippen molar-refractivity contribution in [3.05, 3.63) is 52.9 Å². The Bertz CT molecular complexity index is 887. The first kappa shape index (κ1) is 13.7. The lowest BCUT2D eigenvalue weighted by atomic mass is 10.0. The molecule has 0 atom stereocenters. The molecule has 22 heavy (non-hydrogen) atoms. The molecular weight excluding hydrogens is 282 g/mol. The van der Waals surface area contributed by atoms with Crippen LogP contribution in [-0.4, -0.2) is 24.9 Å². The van der Waals surface area contributed by atoms with E-state index in [2.05, 4.69) is 15.1 Å². The van der Waals surface area contributed by atoms with Crippen molar-refractivity contribution >= 4 is 5.95 Å². The third-order valence-corrected chi connectivity index (χ3v) is 3.18. The van der Waals surface area contributed by atoms with E-state index in [0.29, 0.717) is 17.0 Å². The number of nitrogens with zero attached hydrogens (tertiary/aromatic N) is 4. The second-order valence-electron chi connectivity index (χ2n) is 4.72. The molecule has 0 saturated heterocycles. The van der Waals surface area contributed by atoms with E-state index in [1.807, 2.05) is 0 Å². The molecule has 0 fully saturated rings. The van der Waals surface area contributed by atoms with Gasteiger partial charge in [0.1, 0.15) is 5.75 Å². The molecule has 7 nitrogen and oxygen atoms in total. The lowest BCUT2D eigenvalue weighted by Crippen LogP contribution is -2.18. The smallest absolute Gasteiger partial charge is 0.266 e. The summed E-state index contributed by atoms with van der Waals surface area (Å²) in [5.74, 6) is 0.296. The van der Waals surface area contributed by atoms with Crippen molar-refractivity contribution in [2.45, 2.75) is 0 Å². The molecule has 0 aliphatic rings. The van der Waals surface area contributed by atoms with Gasteiger partial charge in [-0.3, -0.25) is 4.79 Å². The number of anilines is 1. The van der Waals surface area contributed by atoms with Gasteiger partial charge in [0.15, 0.2) is 0 Å². The van der Waals surface area contributed by atoms with Crippen LogP contribution in [0.5, 0.6) is 5.75 Å². The van der Waals surface area contributed by atoms with Crippen molar-refractivity contribution in [2.75, 3.05) is 5.73 Å². The standard InChI is InChI=1S/C15H13N5O2/c1-20-13(22)7-6-12(19-20)11-8-17-15(16)18-14(11)9-2-4-10(21)5-3-9/h2-8,21H,1H3,(H2,16,17,18). The number of hydrogen-bond acceptors (Lipinski definition) is 6. The first-order valence-electron chi connectivity index (χ1n) is 6.51. The number of aromatic hydroxyl groups is 1. The van der Waals surface area contributed by atoms with Gasteiger partial charge in [0.05, 0.1) is 11.4 Å². The highest BCUT2D eigenvalue weighted by atomic mass is 16.3. The molecule has 0 spiro atoms. The van der Waals surface area contributed by atoms with E-state index in [1.165, 1.54) is 10.7 Å². The largest absolute Gasteiger partial charge is 0.508 e. The summed E-state index contributed by atoms with van der Waals surface area (Å²) in [6.45, 7) is 0. The topological polar surface area (TPSA) is 107 Å². The van der Waals surface area contributed by atoms with E-state index in [1.54, 1.807) is 43.6 Å². The molecule has 7 heteroatoms. The van der Waals surface area contributed by atoms with Gasteiger partial charge in [0.25, 0.3) is 5.56 Å². The summed E-state index contributed by atoms with van der Waals surface area (Å²) < 4.78 is 1.24. The summed E-state index contributed by atoms with van der Waals surface area (Å²) in [6, 6.07) is 9.61. The molecule has 2 heterocycles. The Kier molecular flexibility index (Phi) is 3.30. The number of nitrogens with two attached hydrogens (primary N) is 1. The van der Waals surface area contributed by atoms with E-state index < -0.39 is 0 Å². The molecule has 2 aromatic heterocycles. The monoisotopic (exact) mass is 295 g/mol. The van der Waals surface area contributed by atoms with Crippen molar-refractivity contribution in [2.24, 2.45) is 7.05 Å². The molecule has 0 aliphatic carbocycles. The molecule has 0 saturated carbocycles. The second-order valence-corrected chi connectivity index (χ2v) is 4.72. The van der Waals surface area contributed by atoms with Gasteiger partial charge < -0.3 is 10.8 Å². The van der Waals surface area contributed by atoms with Crippen molar-refractivity contribution in [1.82, 2.24) is 19.7 Å². The lowest BCUT2D eigenvalue weighted by molar-refractivity contribution is 0.475. The number of aryl methyl sites for hydroxylation is 1. The first-order valence-corrected chi connectivity index (χ1v) is 6.51. The van der Waals surface area contributed by atoms with Crippen LogP contribution in [0.25, 0.3) is 22.5 Å². The van der Waals surface area contributed by atoms with Gasteiger partial charge in [0, 0.05) is 30.4 Å². The van der Waals surface area contributed by atoms with Crippen molar-refractivity contribution in [3.8, 4) is 28.3 Å². The van der Waals surface area contributed by atoms with Crippen LogP contribution < -0.4 is 11.3 Å². The maximum absolute atomic E-state index is 11.5. The van der Waals surface area contributed by atoms with E-state index >= 15 is 0 Å². The minimum absolute atomic E-state index is 0.136. The zero-order valence-electron chi connectivity index (χ0n) is 11.8. The third-order valence-electron chi connectivity index (χ3n) is 3.18. The van der Waals surface area contributed by atoms with Gasteiger partial charge in [-0.15, -0.1) is 0 Å². The molecule has 3 aromatic rings. The van der Waals surface area contributed by atoms with Gasteiger partial charge >= 0.3 is 0 Å². The van der Waals surface area contributed by atoms with Crippen molar-refractivity contribution < 1.29 is 5.11 Å². The Morgan fingerprint density at radius 2 is 1.86 bits per heavy atom. The Hall–Kier alpha value is -3.22. The number of benzene rings is 1. The van der Waals surface area contributed by atoms with Crippen LogP contribution in [0.15, 0.2) is 47.4 Å². The number of nitrogen functional groups attached to an aromatic ring is 1. The summed E-state index contributed by atoms with van der Waals surface area (Å²) in [6.07, 6.45) is 1.57. The summed E-state index contributed by atoms with van der Waals surface area (Å²) in [4.78, 5) is 19.7. The molecule has 1 aromatic carbocycles. The Morgan fingerprint density at radius 1 is 1.14 bits per heavy atom. The first-order chi connectivity index (χ1) is 10.5. The molecule has 0 radical (unpaired) electrons. The quantitative estimate of drug-likeness (QED) is 0.735. The summed E-state index contributed by atoms with van der Waals surface area (Å²) in [7, 11) is 1.57. The zero-order valence-corrected chi connectivity index (χ0v) is 11.8. The van der Waals surface area contributed by atoms with Crippen LogP contribution >= 0.6 is 0 Å². The molecule has 0 bridgehead atoms. The number of rotatable bonds is 2. The maximum atomic E-state index is 11.5. The van der Waals surface area contributed by atoms with Crippen molar-refractivity contribution in [3.63, 3.8) is 0 Å². The molecule has 110 valence electrons. The summed E-state index contributed by atoms with van der Waals surface area (Å²) >= 11 is 0. The highest BCUT2D eigenvalue weighted by Gasteiger charge is 2.12. The minimum atomic E-state index is -0.203. The fraction of sp³-hybridized carbons (Fsp3) is 0.0667. The van der Waals surface area contributed by atoms with Crippen LogP contribution in [0.1, 0.15) is 0 Å². The normalized spacial score (nSPS) is 10.6. The SMILES string of the molecule is Cn1nc(-c2cnc(N)nc2-c2ccc(O)cc2)ccc1=O. The Balaban J connectivity index is 2.21. The molecule has 0 aliphatic heterocycles. The van der Waals surface area contributed by atoms with Crippen LogP contribution in [0.3, 0.4) is 0 Å². The van der Waals surface area contributed by atoms with E-state index in [9.17, 15) is 9.90 Å². The Morgan fingerprint density at radius 3 is 2.55 bits per heavy atom. The number of hydrogen-bond donors (Lipinski definition) is 2. The molecule has 0 amide bonds. The third kappa shape index (κ3) is 2.51. The van der Waals surface area contributed by atoms with Gasteiger partial charge in [-0.25, -0.2) is 14.6 Å². The van der Waals surface area contributed by atoms with Crippen LogP contribution in [0, 0.1) is 0 Å². The van der Waals surface area contributed by atoms with E-state index in [0.717, 1.165) is 5.56 Å². The second kappa shape index (κ2) is 5.28. The van der Waals surface area contributed by atoms with Gasteiger partial charge in [0.2, 0.25) is 5.95 Å². The minimum Gasteiger partial charge on any atom is -0.508 e. The molecule has 3 rings (SSSR count). The summed E-state index contributed by atoms with van der Waals surface area (Å²) in [5, 5.41) is 13.6. The van der Waals surface area contributed by atoms with E-state index in [-0.39, 0.29) is 17.3 Å². The number of phenolic OH excluding ortho intramolecular Hbond substituents is 1. The fourth-order valence-corrected chi connectivity index (χ4v) is 2.07. The number of aromatic nitrogens is 4. The lowest BCUT2D eigenvalue weighted by Gasteiger charge is -2.09. The predicted molar refractivity (Wildman–Crippen MR) is 82.0 cm³/mol. The average molecular weight is 295 g/mol. The van der Waals surface area contributed by atoms with Gasteiger partial charge in [-0.05, 0) is 30.3 Å². The zero-order chi connectivity index (χ0) is 15.7. The van der Waals surface area contributed by atoms with Crippen LogP contribution in [0.4, 0.5) is 5.95 Å². The van der Waals surface area contributed by atoms with Crippen LogP contribution in [0.2, 0.25) is 0 Å². The molecule has 0 unspecified atom stereocenters. The highest BCUT2D eigenvalue weighted by molar-refractivity contribution is 5.78. The molecular formula is C15H13N5O2. The maximum Gasteiger partial charge on any atom is 0.266 e. The van der Waals surface area contributed by atoms with Gasteiger partial charge in [-0.1, -0.05) is 0 Å². The van der Waals surface area contributed by atoms with Gasteiger partial charge in [-0.2, -0.15) is 5.10 Å². The van der Waals surface area contributed by atoms with E-state index in [4.69, 9.17) is 5.73 Å². The van der Waals surface area contributed by atoms with Crippen LogP contribution in [-0.2, 0) is 7.05 Å². The summed E-state index contributed by atoms with van der Waals surface area (Å²) in [5.41, 5.74) is 8.03. The fourth-order valence-electron chi connectivity index (χ4n) is 2.07. The molecule has 3 N–H and O–H groups in total. The highest BCUT2D eigenvalue weighted by Crippen LogP contribution is 2.29. The predicted octanol–water partition coefficient (Wildman–Crippen LogP) is 1.19. The average Bonchev–Trinajstić information content (AvgIpc) is 2.51. The Labute approximate surface area is 125 Å².